The predicted molar refractivity (Wildman–Crippen MR) is 76.6 cm³/mol. The third-order valence-electron chi connectivity index (χ3n) is 2.97. The molecule has 110 valence electrons. The Morgan fingerprint density at radius 1 is 1.19 bits per heavy atom. The molecule has 4 nitrogen and oxygen atoms in total. The monoisotopic (exact) mass is 292 g/mol. The van der Waals surface area contributed by atoms with Crippen LogP contribution in [-0.2, 0) is 0 Å². The highest BCUT2D eigenvalue weighted by Crippen LogP contribution is 2.26. The first kappa shape index (κ1) is 14.8. The van der Waals surface area contributed by atoms with Crippen molar-refractivity contribution >= 4 is 17.3 Å². The molecule has 2 aromatic carbocycles. The maximum Gasteiger partial charge on any atom is 0.387 e. The molecule has 0 aliphatic rings. The van der Waals surface area contributed by atoms with Crippen LogP contribution in [0.2, 0.25) is 0 Å². The van der Waals surface area contributed by atoms with Gasteiger partial charge < -0.3 is 15.8 Å². The molecule has 0 spiro atoms. The molecule has 21 heavy (non-hydrogen) atoms. The summed E-state index contributed by atoms with van der Waals surface area (Å²) >= 11 is 0. The Hall–Kier alpha value is -2.63. The van der Waals surface area contributed by atoms with E-state index in [1.807, 2.05) is 0 Å². The van der Waals surface area contributed by atoms with E-state index in [0.29, 0.717) is 16.8 Å². The van der Waals surface area contributed by atoms with Gasteiger partial charge in [-0.05, 0) is 36.8 Å². The number of hydrogen-bond acceptors (Lipinski definition) is 3. The summed E-state index contributed by atoms with van der Waals surface area (Å²) < 4.78 is 29.0. The molecule has 0 saturated heterocycles. The predicted octanol–water partition coefficient (Wildman–Crippen LogP) is 3.43. The zero-order valence-electron chi connectivity index (χ0n) is 11.3. The van der Waals surface area contributed by atoms with Crippen molar-refractivity contribution in [3.63, 3.8) is 0 Å². The van der Waals surface area contributed by atoms with Crippen LogP contribution in [0.15, 0.2) is 42.5 Å². The smallest absolute Gasteiger partial charge is 0.387 e. The van der Waals surface area contributed by atoms with E-state index in [1.165, 1.54) is 12.1 Å². The number of nitrogens with two attached hydrogens (primary N) is 1. The van der Waals surface area contributed by atoms with Gasteiger partial charge in [0, 0.05) is 11.3 Å². The SMILES string of the molecule is Cc1c(N)cccc1C(=O)Nc1ccccc1OC(F)F. The number of amides is 1. The Labute approximate surface area is 120 Å². The van der Waals surface area contributed by atoms with Crippen LogP contribution in [0.3, 0.4) is 0 Å². The van der Waals surface area contributed by atoms with Gasteiger partial charge in [0.25, 0.3) is 5.91 Å². The van der Waals surface area contributed by atoms with Crippen molar-refractivity contribution in [2.45, 2.75) is 13.5 Å². The quantitative estimate of drug-likeness (QED) is 0.848. The van der Waals surface area contributed by atoms with Crippen LogP contribution in [-0.4, -0.2) is 12.5 Å². The van der Waals surface area contributed by atoms with E-state index in [4.69, 9.17) is 5.73 Å². The first-order valence-electron chi connectivity index (χ1n) is 6.19. The summed E-state index contributed by atoms with van der Waals surface area (Å²) in [4.78, 5) is 12.2. The number of carbonyl (C=O) groups is 1. The molecule has 0 saturated carbocycles. The Balaban J connectivity index is 2.26. The summed E-state index contributed by atoms with van der Waals surface area (Å²) in [6.07, 6.45) is 0. The first-order chi connectivity index (χ1) is 9.99. The lowest BCUT2D eigenvalue weighted by Gasteiger charge is -2.13. The molecular weight excluding hydrogens is 278 g/mol. The maximum absolute atomic E-state index is 12.3. The minimum Gasteiger partial charge on any atom is -0.433 e. The van der Waals surface area contributed by atoms with Gasteiger partial charge in [0.05, 0.1) is 5.69 Å². The van der Waals surface area contributed by atoms with Gasteiger partial charge in [-0.1, -0.05) is 18.2 Å². The van der Waals surface area contributed by atoms with E-state index in [9.17, 15) is 13.6 Å². The maximum atomic E-state index is 12.3. The van der Waals surface area contributed by atoms with E-state index in [1.54, 1.807) is 37.3 Å². The standard InChI is InChI=1S/C15H14F2N2O2/c1-9-10(5-4-6-11(9)18)14(20)19-12-7-2-3-8-13(12)21-15(16)17/h2-8,15H,18H2,1H3,(H,19,20). The number of halogens is 2. The minimum absolute atomic E-state index is 0.0950. The highest BCUT2D eigenvalue weighted by Gasteiger charge is 2.14. The fourth-order valence-corrected chi connectivity index (χ4v) is 1.86. The summed E-state index contributed by atoms with van der Waals surface area (Å²) in [5.74, 6) is -0.535. The molecule has 2 aromatic rings. The Morgan fingerprint density at radius 3 is 2.62 bits per heavy atom. The first-order valence-corrected chi connectivity index (χ1v) is 6.19. The van der Waals surface area contributed by atoms with Gasteiger partial charge >= 0.3 is 6.61 Å². The molecule has 0 bridgehead atoms. The van der Waals surface area contributed by atoms with Crippen LogP contribution >= 0.6 is 0 Å². The van der Waals surface area contributed by atoms with Crippen LogP contribution in [0, 0.1) is 6.92 Å². The van der Waals surface area contributed by atoms with Crippen molar-refractivity contribution in [3.05, 3.63) is 53.6 Å². The molecule has 0 aliphatic carbocycles. The second-order valence-corrected chi connectivity index (χ2v) is 4.35. The molecule has 0 heterocycles. The summed E-state index contributed by atoms with van der Waals surface area (Å²) in [5, 5.41) is 2.55. The largest absolute Gasteiger partial charge is 0.433 e. The van der Waals surface area contributed by atoms with Crippen LogP contribution in [0.25, 0.3) is 0 Å². The Morgan fingerprint density at radius 2 is 1.90 bits per heavy atom. The molecule has 0 radical (unpaired) electrons. The zero-order valence-corrected chi connectivity index (χ0v) is 11.3. The number of rotatable bonds is 4. The Bertz CT molecular complexity index is 660. The third kappa shape index (κ3) is 3.47. The van der Waals surface area contributed by atoms with Gasteiger partial charge in [-0.2, -0.15) is 8.78 Å². The van der Waals surface area contributed by atoms with Gasteiger partial charge in [0.1, 0.15) is 5.75 Å². The third-order valence-corrected chi connectivity index (χ3v) is 2.97. The topological polar surface area (TPSA) is 64.4 Å². The van der Waals surface area contributed by atoms with E-state index < -0.39 is 12.5 Å². The summed E-state index contributed by atoms with van der Waals surface area (Å²) in [6.45, 7) is -1.25. The average molecular weight is 292 g/mol. The number of anilines is 2. The van der Waals surface area contributed by atoms with Crippen molar-refractivity contribution in [1.29, 1.82) is 0 Å². The number of alkyl halides is 2. The number of nitrogens with one attached hydrogen (secondary N) is 1. The number of benzene rings is 2. The van der Waals surface area contributed by atoms with Crippen molar-refractivity contribution in [2.24, 2.45) is 0 Å². The zero-order chi connectivity index (χ0) is 15.4. The fraction of sp³-hybridized carbons (Fsp3) is 0.133. The Kier molecular flexibility index (Phi) is 4.37. The molecule has 3 N–H and O–H groups in total. The molecule has 6 heteroatoms. The molecule has 2 rings (SSSR count). The van der Waals surface area contributed by atoms with E-state index in [2.05, 4.69) is 10.1 Å². The average Bonchev–Trinajstić information content (AvgIpc) is 2.43. The number of carbonyl (C=O) groups excluding carboxylic acids is 1. The van der Waals surface area contributed by atoms with Crippen molar-refractivity contribution in [1.82, 2.24) is 0 Å². The highest BCUT2D eigenvalue weighted by atomic mass is 19.3. The normalized spacial score (nSPS) is 10.5. The van der Waals surface area contributed by atoms with Crippen LogP contribution in [0.5, 0.6) is 5.75 Å². The van der Waals surface area contributed by atoms with E-state index >= 15 is 0 Å². The fourth-order valence-electron chi connectivity index (χ4n) is 1.86. The van der Waals surface area contributed by atoms with E-state index in [-0.39, 0.29) is 11.4 Å². The second kappa shape index (κ2) is 6.21. The molecule has 0 unspecified atom stereocenters. The summed E-state index contributed by atoms with van der Waals surface area (Å²) in [5.41, 5.74) is 7.40. The second-order valence-electron chi connectivity index (χ2n) is 4.35. The number of hydrogen-bond donors (Lipinski definition) is 2. The van der Waals surface area contributed by atoms with Gasteiger partial charge in [-0.15, -0.1) is 0 Å². The molecule has 0 fully saturated rings. The van der Waals surface area contributed by atoms with Crippen molar-refractivity contribution in [3.8, 4) is 5.75 Å². The number of ether oxygens (including phenoxy) is 1. The molecule has 0 aromatic heterocycles. The van der Waals surface area contributed by atoms with Gasteiger partial charge in [0.15, 0.2) is 0 Å². The molecule has 0 atom stereocenters. The lowest BCUT2D eigenvalue weighted by molar-refractivity contribution is -0.0493. The van der Waals surface area contributed by atoms with Gasteiger partial charge in [0.2, 0.25) is 0 Å². The van der Waals surface area contributed by atoms with Crippen LogP contribution < -0.4 is 15.8 Å². The van der Waals surface area contributed by atoms with Crippen molar-refractivity contribution < 1.29 is 18.3 Å². The highest BCUT2D eigenvalue weighted by molar-refractivity contribution is 6.06. The van der Waals surface area contributed by atoms with Crippen molar-refractivity contribution in [2.75, 3.05) is 11.1 Å². The van der Waals surface area contributed by atoms with Crippen LogP contribution in [0.1, 0.15) is 15.9 Å². The number of para-hydroxylation sites is 2. The van der Waals surface area contributed by atoms with Gasteiger partial charge in [-0.3, -0.25) is 4.79 Å². The summed E-state index contributed by atoms with van der Waals surface area (Å²) in [7, 11) is 0. The van der Waals surface area contributed by atoms with E-state index in [0.717, 1.165) is 0 Å². The number of nitrogen functional groups attached to an aromatic ring is 1. The molecule has 0 aliphatic heterocycles. The lowest BCUT2D eigenvalue weighted by Crippen LogP contribution is -2.15. The van der Waals surface area contributed by atoms with Gasteiger partial charge in [-0.25, -0.2) is 0 Å². The minimum atomic E-state index is -2.96. The molecule has 1 amide bonds. The van der Waals surface area contributed by atoms with Crippen LogP contribution in [0.4, 0.5) is 20.2 Å². The summed E-state index contributed by atoms with van der Waals surface area (Å²) in [6, 6.07) is 10.9. The molecular formula is C15H14F2N2O2. The lowest BCUT2D eigenvalue weighted by atomic mass is 10.1.